The van der Waals surface area contributed by atoms with Crippen LogP contribution >= 0.6 is 11.3 Å². The van der Waals surface area contributed by atoms with E-state index in [0.717, 1.165) is 32.5 Å². The van der Waals surface area contributed by atoms with E-state index in [1.165, 1.54) is 11.3 Å². The summed E-state index contributed by atoms with van der Waals surface area (Å²) in [6.45, 7) is 5.34. The predicted octanol–water partition coefficient (Wildman–Crippen LogP) is 6.05. The van der Waals surface area contributed by atoms with E-state index in [4.69, 9.17) is 9.47 Å². The van der Waals surface area contributed by atoms with Crippen molar-refractivity contribution in [3.8, 4) is 16.2 Å². The predicted molar refractivity (Wildman–Crippen MR) is 144 cm³/mol. The molecular formula is C28H29N3O4S. The molecule has 0 bridgehead atoms. The molecule has 0 spiro atoms. The lowest BCUT2D eigenvalue weighted by Gasteiger charge is -2.23. The van der Waals surface area contributed by atoms with Crippen LogP contribution < -0.4 is 15.4 Å². The Kier molecular flexibility index (Phi) is 7.55. The highest BCUT2D eigenvalue weighted by molar-refractivity contribution is 7.14. The topological polar surface area (TPSA) is 89.5 Å². The highest BCUT2D eigenvalue weighted by Crippen LogP contribution is 2.32. The van der Waals surface area contributed by atoms with Crippen LogP contribution in [-0.2, 0) is 16.0 Å². The molecule has 2 aromatic carbocycles. The van der Waals surface area contributed by atoms with E-state index in [1.54, 1.807) is 34.1 Å². The molecule has 0 saturated carbocycles. The molecule has 2 N–H and O–H groups in total. The molecule has 0 fully saturated rings. The van der Waals surface area contributed by atoms with Crippen LogP contribution in [0.2, 0.25) is 0 Å². The van der Waals surface area contributed by atoms with Crippen LogP contribution in [0.3, 0.4) is 0 Å². The zero-order valence-corrected chi connectivity index (χ0v) is 21.5. The number of thiophene rings is 1. The maximum Gasteiger partial charge on any atom is 0.408 e. The number of hydrogen-bond donors (Lipinski definition) is 2. The van der Waals surface area contributed by atoms with E-state index in [0.29, 0.717) is 12.1 Å². The van der Waals surface area contributed by atoms with Crippen molar-refractivity contribution in [2.24, 2.45) is 0 Å². The zero-order chi connectivity index (χ0) is 25.7. The van der Waals surface area contributed by atoms with Crippen molar-refractivity contribution < 1.29 is 19.1 Å². The van der Waals surface area contributed by atoms with Gasteiger partial charge in [-0.05, 0) is 67.6 Å². The van der Waals surface area contributed by atoms with Gasteiger partial charge in [0, 0.05) is 34.5 Å². The number of alkyl carbamates (subject to hydrolysis) is 1. The molecular weight excluding hydrogens is 474 g/mol. The van der Waals surface area contributed by atoms with Gasteiger partial charge in [-0.2, -0.15) is 0 Å². The Bertz CT molecular complexity index is 1360. The smallest absolute Gasteiger partial charge is 0.408 e. The Morgan fingerprint density at radius 2 is 1.81 bits per heavy atom. The second-order valence-corrected chi connectivity index (χ2v) is 10.3. The number of carbonyl (C=O) groups excluding carboxylic acids is 2. The van der Waals surface area contributed by atoms with Crippen LogP contribution in [0.5, 0.6) is 5.75 Å². The van der Waals surface area contributed by atoms with E-state index in [1.807, 2.05) is 60.1 Å². The number of nitrogens with one attached hydrogen (secondary N) is 2. The number of hydrogen-bond acceptors (Lipinski definition) is 6. The molecule has 1 atom stereocenters. The normalized spacial score (nSPS) is 12.1. The summed E-state index contributed by atoms with van der Waals surface area (Å²) in [5.41, 5.74) is 1.92. The summed E-state index contributed by atoms with van der Waals surface area (Å²) in [7, 11) is 1.60. The van der Waals surface area contributed by atoms with Crippen LogP contribution in [0.25, 0.3) is 21.2 Å². The van der Waals surface area contributed by atoms with Crippen LogP contribution in [0.15, 0.2) is 72.4 Å². The van der Waals surface area contributed by atoms with E-state index in [2.05, 4.69) is 21.7 Å². The number of anilines is 1. The molecule has 2 heterocycles. The van der Waals surface area contributed by atoms with Crippen molar-refractivity contribution in [3.05, 3.63) is 77.9 Å². The number of benzene rings is 2. The summed E-state index contributed by atoms with van der Waals surface area (Å²) >= 11 is 1.54. The van der Waals surface area contributed by atoms with Gasteiger partial charge in [-0.15, -0.1) is 11.3 Å². The molecule has 4 aromatic rings. The number of pyridine rings is 1. The number of fused-ring (bicyclic) bond motifs is 1. The summed E-state index contributed by atoms with van der Waals surface area (Å²) in [6.07, 6.45) is 3.25. The lowest BCUT2D eigenvalue weighted by Crippen LogP contribution is -2.47. The first kappa shape index (κ1) is 25.2. The third kappa shape index (κ3) is 6.60. The molecule has 186 valence electrons. The zero-order valence-electron chi connectivity index (χ0n) is 20.7. The van der Waals surface area contributed by atoms with Gasteiger partial charge in [0.05, 0.1) is 12.8 Å². The highest BCUT2D eigenvalue weighted by atomic mass is 32.1. The standard InChI is InChI=1S/C28H29N3O4S/c1-28(2,3)35-27(33)31-24(13-18-5-9-23(34-4)10-6-18)26(32)30-22-15-25(36-17-22)20-7-8-21-16-29-12-11-19(21)14-20/h5-12,14-17,24H,13H2,1-4H3,(H,30,32)(H,31,33)/t24-/m0/s1. The van der Waals surface area contributed by atoms with Gasteiger partial charge >= 0.3 is 6.09 Å². The number of rotatable bonds is 7. The third-order valence-electron chi connectivity index (χ3n) is 5.40. The van der Waals surface area contributed by atoms with Crippen molar-refractivity contribution in [2.75, 3.05) is 12.4 Å². The first-order valence-corrected chi connectivity index (χ1v) is 12.4. The van der Waals surface area contributed by atoms with Crippen molar-refractivity contribution in [1.29, 1.82) is 0 Å². The fourth-order valence-corrected chi connectivity index (χ4v) is 4.51. The largest absolute Gasteiger partial charge is 0.497 e. The molecule has 0 unspecified atom stereocenters. The number of methoxy groups -OCH3 is 1. The second-order valence-electron chi connectivity index (χ2n) is 9.38. The average Bonchev–Trinajstić information content (AvgIpc) is 3.31. The maximum absolute atomic E-state index is 13.3. The number of carbonyl (C=O) groups is 2. The van der Waals surface area contributed by atoms with Gasteiger partial charge in [-0.3, -0.25) is 9.78 Å². The number of nitrogens with zero attached hydrogens (tertiary/aromatic N) is 1. The first-order valence-electron chi connectivity index (χ1n) is 11.6. The highest BCUT2D eigenvalue weighted by Gasteiger charge is 2.25. The van der Waals surface area contributed by atoms with Gasteiger partial charge in [0.2, 0.25) is 5.91 Å². The Morgan fingerprint density at radius 3 is 2.53 bits per heavy atom. The molecule has 2 amide bonds. The van der Waals surface area contributed by atoms with Gasteiger partial charge < -0.3 is 20.1 Å². The molecule has 2 aromatic heterocycles. The molecule has 0 radical (unpaired) electrons. The van der Waals surface area contributed by atoms with Crippen LogP contribution in [0.4, 0.5) is 10.5 Å². The third-order valence-corrected chi connectivity index (χ3v) is 6.38. The number of ether oxygens (including phenoxy) is 2. The fraction of sp³-hybridized carbons (Fsp3) is 0.250. The lowest BCUT2D eigenvalue weighted by molar-refractivity contribution is -0.118. The van der Waals surface area contributed by atoms with Crippen LogP contribution in [-0.4, -0.2) is 35.7 Å². The van der Waals surface area contributed by atoms with Crippen molar-refractivity contribution in [2.45, 2.75) is 38.8 Å². The minimum absolute atomic E-state index is 0.296. The molecule has 0 aliphatic rings. The van der Waals surface area contributed by atoms with E-state index in [-0.39, 0.29) is 5.91 Å². The summed E-state index contributed by atoms with van der Waals surface area (Å²) in [4.78, 5) is 30.9. The monoisotopic (exact) mass is 503 g/mol. The summed E-state index contributed by atoms with van der Waals surface area (Å²) in [5, 5.41) is 9.73. The van der Waals surface area contributed by atoms with Gasteiger partial charge in [-0.25, -0.2) is 4.79 Å². The first-order chi connectivity index (χ1) is 17.2. The minimum Gasteiger partial charge on any atom is -0.497 e. The van der Waals surface area contributed by atoms with E-state index in [9.17, 15) is 9.59 Å². The Hall–Kier alpha value is -3.91. The van der Waals surface area contributed by atoms with Crippen molar-refractivity contribution >= 4 is 39.8 Å². The van der Waals surface area contributed by atoms with Crippen molar-refractivity contribution in [3.63, 3.8) is 0 Å². The number of amides is 2. The molecule has 0 aliphatic heterocycles. The Balaban J connectivity index is 1.50. The molecule has 8 heteroatoms. The van der Waals surface area contributed by atoms with Crippen LogP contribution in [0.1, 0.15) is 26.3 Å². The van der Waals surface area contributed by atoms with Crippen molar-refractivity contribution in [1.82, 2.24) is 10.3 Å². The summed E-state index contributed by atoms with van der Waals surface area (Å²) in [5.74, 6) is 0.390. The quantitative estimate of drug-likeness (QED) is 0.321. The Labute approximate surface area is 214 Å². The molecule has 7 nitrogen and oxygen atoms in total. The lowest BCUT2D eigenvalue weighted by atomic mass is 10.0. The van der Waals surface area contributed by atoms with Crippen LogP contribution in [0, 0.1) is 0 Å². The van der Waals surface area contributed by atoms with E-state index < -0.39 is 17.7 Å². The fourth-order valence-electron chi connectivity index (χ4n) is 3.68. The number of aromatic nitrogens is 1. The van der Waals surface area contributed by atoms with Gasteiger partial charge in [0.1, 0.15) is 17.4 Å². The summed E-state index contributed by atoms with van der Waals surface area (Å²) < 4.78 is 10.6. The van der Waals surface area contributed by atoms with Gasteiger partial charge in [0.25, 0.3) is 0 Å². The minimum atomic E-state index is -0.829. The molecule has 0 aliphatic carbocycles. The van der Waals surface area contributed by atoms with Gasteiger partial charge in [0.15, 0.2) is 0 Å². The Morgan fingerprint density at radius 1 is 1.03 bits per heavy atom. The molecule has 0 saturated heterocycles. The SMILES string of the molecule is COc1ccc(C[C@H](NC(=O)OC(C)(C)C)C(=O)Nc2csc(-c3ccc4cnccc4c3)c2)cc1. The average molecular weight is 504 g/mol. The molecule has 36 heavy (non-hydrogen) atoms. The van der Waals surface area contributed by atoms with E-state index >= 15 is 0 Å². The van der Waals surface area contributed by atoms with Gasteiger partial charge in [-0.1, -0.05) is 24.3 Å². The maximum atomic E-state index is 13.3. The second kappa shape index (κ2) is 10.8. The summed E-state index contributed by atoms with van der Waals surface area (Å²) in [6, 6.07) is 16.6. The molecule has 4 rings (SSSR count).